The van der Waals surface area contributed by atoms with Gasteiger partial charge in [-0.05, 0) is 50.8 Å². The number of aromatic nitrogens is 6. The van der Waals surface area contributed by atoms with Crippen molar-refractivity contribution in [3.8, 4) is 46.2 Å². The van der Waals surface area contributed by atoms with E-state index in [0.29, 0.717) is 6.04 Å². The van der Waals surface area contributed by atoms with Crippen LogP contribution in [-0.2, 0) is 0 Å². The maximum atomic E-state index is 5.63. The molecule has 212 valence electrons. The van der Waals surface area contributed by atoms with Gasteiger partial charge in [-0.3, -0.25) is 10.3 Å². The van der Waals surface area contributed by atoms with Crippen LogP contribution in [0, 0.1) is 12.3 Å². The molecule has 0 spiro atoms. The zero-order valence-electron chi connectivity index (χ0n) is 24.6. The van der Waals surface area contributed by atoms with Gasteiger partial charge in [-0.1, -0.05) is 51.0 Å². The lowest BCUT2D eigenvalue weighted by molar-refractivity contribution is 0.423. The maximum Gasteiger partial charge on any atom is 0.123 e. The minimum atomic E-state index is 0.000340. The van der Waals surface area contributed by atoms with E-state index in [-0.39, 0.29) is 18.1 Å². The van der Waals surface area contributed by atoms with Crippen molar-refractivity contribution in [3.05, 3.63) is 72.8 Å². The number of nitrogens with zero attached hydrogens (tertiary/aromatic N) is 4. The number of hydrogen-bond acceptors (Lipinski definition) is 5. The lowest BCUT2D eigenvalue weighted by Gasteiger charge is -2.19. The number of nitrogens with one attached hydrogen (secondary N) is 4. The van der Waals surface area contributed by atoms with Gasteiger partial charge in [0.15, 0.2) is 0 Å². The maximum absolute atomic E-state index is 5.63. The van der Waals surface area contributed by atoms with Crippen LogP contribution >= 0.6 is 0 Å². The highest BCUT2D eigenvalue weighted by Crippen LogP contribution is 2.29. The molecule has 4 heterocycles. The number of aromatic amines is 2. The molecule has 1 aromatic carbocycles. The van der Waals surface area contributed by atoms with E-state index in [1.807, 2.05) is 24.7 Å². The third-order valence-corrected chi connectivity index (χ3v) is 7.86. The molecule has 5 aromatic rings. The lowest BCUT2D eigenvalue weighted by Crippen LogP contribution is -2.30. The summed E-state index contributed by atoms with van der Waals surface area (Å²) in [4.78, 5) is 21.1. The molecule has 4 aromatic heterocycles. The fourth-order valence-electron chi connectivity index (χ4n) is 5.28. The van der Waals surface area contributed by atoms with Gasteiger partial charge in [0, 0.05) is 17.8 Å². The quantitative estimate of drug-likeness (QED) is 0.130. The molecule has 41 heavy (non-hydrogen) atoms. The Hall–Kier alpha value is -4.19. The first kappa shape index (κ1) is 28.3. The Morgan fingerprint density at radius 3 is 2.10 bits per heavy atom. The monoisotopic (exact) mass is 548 g/mol. The van der Waals surface area contributed by atoms with Gasteiger partial charge in [0.2, 0.25) is 0 Å². The number of hydrogen-bond donors (Lipinski definition) is 4. The highest BCUT2D eigenvalue weighted by atomic mass is 15.0. The molecule has 0 saturated heterocycles. The fraction of sp³-hybridized carbons (Fsp3) is 0.364. The number of imidazole rings is 2. The first-order valence-electron chi connectivity index (χ1n) is 14.6. The van der Waals surface area contributed by atoms with Gasteiger partial charge >= 0.3 is 0 Å². The number of terminal acetylenes is 1. The summed E-state index contributed by atoms with van der Waals surface area (Å²) < 4.78 is 2.17. The molecule has 8 heteroatoms. The van der Waals surface area contributed by atoms with Crippen molar-refractivity contribution in [2.24, 2.45) is 0 Å². The Kier molecular flexibility index (Phi) is 8.67. The van der Waals surface area contributed by atoms with Crippen LogP contribution in [0.2, 0.25) is 0 Å². The van der Waals surface area contributed by atoms with Crippen molar-refractivity contribution < 1.29 is 0 Å². The Bertz CT molecular complexity index is 1610. The van der Waals surface area contributed by atoms with Crippen molar-refractivity contribution >= 4 is 5.52 Å². The predicted molar refractivity (Wildman–Crippen MR) is 166 cm³/mol. The van der Waals surface area contributed by atoms with E-state index in [0.717, 1.165) is 70.3 Å². The third kappa shape index (κ3) is 5.97. The minimum absolute atomic E-state index is 0.000340. The van der Waals surface area contributed by atoms with Crippen molar-refractivity contribution in [1.29, 1.82) is 0 Å². The smallest absolute Gasteiger partial charge is 0.123 e. The zero-order valence-corrected chi connectivity index (χ0v) is 24.6. The van der Waals surface area contributed by atoms with Crippen LogP contribution in [0.4, 0.5) is 0 Å². The van der Waals surface area contributed by atoms with Gasteiger partial charge in [-0.25, -0.2) is 9.97 Å². The van der Waals surface area contributed by atoms with Crippen LogP contribution in [0.15, 0.2) is 61.2 Å². The zero-order chi connectivity index (χ0) is 28.9. The van der Waals surface area contributed by atoms with Crippen molar-refractivity contribution in [2.75, 3.05) is 0 Å². The highest BCUT2D eigenvalue weighted by Gasteiger charge is 2.17. The largest absolute Gasteiger partial charge is 0.341 e. The number of H-pyrrole nitrogens is 2. The van der Waals surface area contributed by atoms with Crippen LogP contribution in [0.3, 0.4) is 0 Å². The molecule has 0 aliphatic rings. The standard InChI is InChI=1S/C33H40N8/c1-7-25(8-2)37-21(5)32-35-18-27(39-32)23-13-15-24(16-14-23)30-20-34-31(29-12-11-17-41(29)30)28-19-36-33(40-28)22(6)38-26(9-3)10-4/h3,11-22,25-26,37-38H,7-8,10H2,1-2,4-6H3,(H,35,39)(H,36,40). The molecule has 0 aliphatic carbocycles. The highest BCUT2D eigenvalue weighted by molar-refractivity contribution is 5.78. The molecule has 0 radical (unpaired) electrons. The first-order valence-corrected chi connectivity index (χ1v) is 14.6. The molecular formula is C33H40N8. The van der Waals surface area contributed by atoms with Crippen LogP contribution in [0.25, 0.3) is 39.4 Å². The van der Waals surface area contributed by atoms with Crippen molar-refractivity contribution in [1.82, 2.24) is 40.0 Å². The summed E-state index contributed by atoms with van der Waals surface area (Å²) in [5.74, 6) is 4.58. The number of fused-ring (bicyclic) bond motifs is 1. The second-order valence-electron chi connectivity index (χ2n) is 10.6. The van der Waals surface area contributed by atoms with Gasteiger partial charge in [-0.15, -0.1) is 6.42 Å². The summed E-state index contributed by atoms with van der Waals surface area (Å²) in [6.45, 7) is 10.7. The molecule has 3 unspecified atom stereocenters. The van der Waals surface area contributed by atoms with Crippen LogP contribution in [0.5, 0.6) is 0 Å². The van der Waals surface area contributed by atoms with E-state index in [2.05, 4.69) is 112 Å². The topological polar surface area (TPSA) is 98.7 Å². The molecule has 0 saturated carbocycles. The Labute approximate surface area is 242 Å². The van der Waals surface area contributed by atoms with Gasteiger partial charge in [0.1, 0.15) is 17.3 Å². The second-order valence-corrected chi connectivity index (χ2v) is 10.6. The van der Waals surface area contributed by atoms with E-state index in [1.165, 1.54) is 0 Å². The Balaban J connectivity index is 1.36. The third-order valence-electron chi connectivity index (χ3n) is 7.86. The molecule has 0 bridgehead atoms. The fourth-order valence-corrected chi connectivity index (χ4v) is 5.28. The van der Waals surface area contributed by atoms with Crippen molar-refractivity contribution in [2.45, 2.75) is 78.0 Å². The summed E-state index contributed by atoms with van der Waals surface area (Å²) in [6, 6.07) is 13.3. The first-order chi connectivity index (χ1) is 19.9. The van der Waals surface area contributed by atoms with E-state index in [9.17, 15) is 0 Å². The van der Waals surface area contributed by atoms with Crippen LogP contribution < -0.4 is 10.6 Å². The summed E-state index contributed by atoms with van der Waals surface area (Å²) >= 11 is 0. The lowest BCUT2D eigenvalue weighted by atomic mass is 10.1. The average molecular weight is 549 g/mol. The summed E-state index contributed by atoms with van der Waals surface area (Å²) in [6.07, 6.45) is 16.4. The normalized spacial score (nSPS) is 13.9. The predicted octanol–water partition coefficient (Wildman–Crippen LogP) is 6.68. The molecule has 5 rings (SSSR count). The second kappa shape index (κ2) is 12.5. The van der Waals surface area contributed by atoms with E-state index < -0.39 is 0 Å². The molecule has 4 N–H and O–H groups in total. The van der Waals surface area contributed by atoms with Gasteiger partial charge in [0.05, 0.1) is 59.3 Å². The average Bonchev–Trinajstić information content (AvgIpc) is 3.79. The van der Waals surface area contributed by atoms with E-state index in [4.69, 9.17) is 11.4 Å². The minimum Gasteiger partial charge on any atom is -0.341 e. The summed E-state index contributed by atoms with van der Waals surface area (Å²) in [5.41, 5.74) is 6.94. The molecule has 3 atom stereocenters. The van der Waals surface area contributed by atoms with E-state index in [1.54, 1.807) is 0 Å². The number of rotatable bonds is 12. The van der Waals surface area contributed by atoms with Gasteiger partial charge in [-0.2, -0.15) is 0 Å². The summed E-state index contributed by atoms with van der Waals surface area (Å²) in [5, 5.41) is 7.09. The van der Waals surface area contributed by atoms with Crippen LogP contribution in [-0.4, -0.2) is 41.4 Å². The molecule has 8 nitrogen and oxygen atoms in total. The molecular weight excluding hydrogens is 508 g/mol. The van der Waals surface area contributed by atoms with Crippen LogP contribution in [0.1, 0.15) is 77.6 Å². The van der Waals surface area contributed by atoms with Gasteiger partial charge < -0.3 is 19.7 Å². The number of benzene rings is 1. The molecule has 0 aliphatic heterocycles. The van der Waals surface area contributed by atoms with Crippen molar-refractivity contribution in [3.63, 3.8) is 0 Å². The molecule has 0 fully saturated rings. The SMILES string of the molecule is C#CC(CC)NC(C)c1ncc(-c2ncc(-c3ccc(-c4cnc(C(C)NC(CC)CC)[nH]4)cc3)n3cccc23)[nH]1. The van der Waals surface area contributed by atoms with E-state index >= 15 is 0 Å². The summed E-state index contributed by atoms with van der Waals surface area (Å²) in [7, 11) is 0. The Morgan fingerprint density at radius 1 is 0.805 bits per heavy atom. The van der Waals surface area contributed by atoms with Gasteiger partial charge in [0.25, 0.3) is 0 Å². The molecule has 0 amide bonds. The Morgan fingerprint density at radius 2 is 1.44 bits per heavy atom.